The van der Waals surface area contributed by atoms with Crippen LogP contribution in [0.4, 0.5) is 0 Å². The molecule has 2 aromatic carbocycles. The van der Waals surface area contributed by atoms with E-state index < -0.39 is 0 Å². The number of rotatable bonds is 4. The summed E-state index contributed by atoms with van der Waals surface area (Å²) < 4.78 is 5.73. The summed E-state index contributed by atoms with van der Waals surface area (Å²) in [6, 6.07) is 12.1. The van der Waals surface area contributed by atoms with Crippen molar-refractivity contribution in [2.24, 2.45) is 0 Å². The van der Waals surface area contributed by atoms with Crippen LogP contribution >= 0.6 is 0 Å². The minimum absolute atomic E-state index is 0.00913. The minimum atomic E-state index is -0.128. The number of aromatic hydroxyl groups is 1. The maximum Gasteiger partial charge on any atom is 0.260 e. The molecule has 1 aliphatic rings. The molecule has 0 spiro atoms. The highest BCUT2D eigenvalue weighted by Crippen LogP contribution is 2.20. The van der Waals surface area contributed by atoms with Crippen molar-refractivity contribution < 1.29 is 19.4 Å². The molecule has 0 unspecified atom stereocenters. The van der Waals surface area contributed by atoms with Gasteiger partial charge in [-0.2, -0.15) is 0 Å². The summed E-state index contributed by atoms with van der Waals surface area (Å²) in [5, 5.41) is 9.58. The molecule has 1 fully saturated rings. The highest BCUT2D eigenvalue weighted by atomic mass is 16.5. The Hall–Kier alpha value is -3.02. The van der Waals surface area contributed by atoms with Crippen LogP contribution in [-0.4, -0.2) is 59.5 Å². The highest BCUT2D eigenvalue weighted by molar-refractivity contribution is 5.94. The molecule has 2 amide bonds. The van der Waals surface area contributed by atoms with Gasteiger partial charge in [-0.05, 0) is 55.7 Å². The van der Waals surface area contributed by atoms with Crippen LogP contribution in [-0.2, 0) is 4.79 Å². The minimum Gasteiger partial charge on any atom is -0.508 e. The lowest BCUT2D eigenvalue weighted by Gasteiger charge is -2.22. The molecule has 6 heteroatoms. The number of amides is 2. The van der Waals surface area contributed by atoms with Gasteiger partial charge >= 0.3 is 0 Å². The molecule has 28 heavy (non-hydrogen) atoms. The van der Waals surface area contributed by atoms with Gasteiger partial charge in [-0.15, -0.1) is 0 Å². The van der Waals surface area contributed by atoms with Gasteiger partial charge in [-0.25, -0.2) is 0 Å². The third-order valence-electron chi connectivity index (χ3n) is 5.13. The third kappa shape index (κ3) is 4.63. The van der Waals surface area contributed by atoms with Gasteiger partial charge < -0.3 is 19.6 Å². The van der Waals surface area contributed by atoms with Gasteiger partial charge in [0.05, 0.1) is 0 Å². The highest BCUT2D eigenvalue weighted by Gasteiger charge is 2.23. The lowest BCUT2D eigenvalue weighted by Crippen LogP contribution is -2.39. The first-order valence-electron chi connectivity index (χ1n) is 9.51. The number of benzene rings is 2. The summed E-state index contributed by atoms with van der Waals surface area (Å²) in [4.78, 5) is 28.7. The van der Waals surface area contributed by atoms with E-state index in [1.54, 1.807) is 21.9 Å². The number of phenolic OH excluding ortho intramolecular Hbond substituents is 1. The SMILES string of the molecule is Cc1cccc(OCC(=O)N2CCCN(C(=O)c3cccc(O)c3)CC2)c1C. The Balaban J connectivity index is 1.56. The standard InChI is InChI=1S/C22H26N2O4/c1-16-6-3-9-20(17(16)2)28-15-21(26)23-10-5-11-24(13-12-23)22(27)18-7-4-8-19(25)14-18/h3-4,6-9,14,25H,5,10-13,15H2,1-2H3. The van der Waals surface area contributed by atoms with Gasteiger partial charge in [0, 0.05) is 31.7 Å². The quantitative estimate of drug-likeness (QED) is 0.883. The number of nitrogens with zero attached hydrogens (tertiary/aromatic N) is 2. The summed E-state index contributed by atoms with van der Waals surface area (Å²) >= 11 is 0. The zero-order valence-corrected chi connectivity index (χ0v) is 16.4. The van der Waals surface area contributed by atoms with E-state index in [0.29, 0.717) is 38.2 Å². The molecule has 1 N–H and O–H groups in total. The Kier molecular flexibility index (Phi) is 6.19. The Morgan fingerprint density at radius 2 is 1.71 bits per heavy atom. The van der Waals surface area contributed by atoms with E-state index in [1.807, 2.05) is 32.0 Å². The van der Waals surface area contributed by atoms with E-state index in [9.17, 15) is 14.7 Å². The number of hydrogen-bond donors (Lipinski definition) is 1. The molecule has 6 nitrogen and oxygen atoms in total. The Morgan fingerprint density at radius 3 is 2.50 bits per heavy atom. The van der Waals surface area contributed by atoms with Crippen molar-refractivity contribution in [2.45, 2.75) is 20.3 Å². The average molecular weight is 382 g/mol. The van der Waals surface area contributed by atoms with E-state index in [-0.39, 0.29) is 24.2 Å². The second-order valence-corrected chi connectivity index (χ2v) is 7.06. The zero-order valence-electron chi connectivity index (χ0n) is 16.4. The number of phenols is 1. The van der Waals surface area contributed by atoms with Crippen molar-refractivity contribution in [3.05, 3.63) is 59.2 Å². The number of ether oxygens (including phenoxy) is 1. The van der Waals surface area contributed by atoms with E-state index in [1.165, 1.54) is 12.1 Å². The Morgan fingerprint density at radius 1 is 1.00 bits per heavy atom. The molecule has 3 rings (SSSR count). The molecule has 2 aromatic rings. The molecule has 1 aliphatic heterocycles. The maximum absolute atomic E-state index is 12.6. The van der Waals surface area contributed by atoms with Crippen molar-refractivity contribution in [2.75, 3.05) is 32.8 Å². The zero-order chi connectivity index (χ0) is 20.1. The van der Waals surface area contributed by atoms with Crippen LogP contribution in [0.25, 0.3) is 0 Å². The number of aryl methyl sites for hydroxylation is 1. The van der Waals surface area contributed by atoms with Gasteiger partial charge in [0.25, 0.3) is 11.8 Å². The third-order valence-corrected chi connectivity index (χ3v) is 5.13. The first-order chi connectivity index (χ1) is 13.5. The molecular weight excluding hydrogens is 356 g/mol. The molecular formula is C22H26N2O4. The summed E-state index contributed by atoms with van der Waals surface area (Å²) in [5.41, 5.74) is 2.62. The van der Waals surface area contributed by atoms with Gasteiger partial charge in [0.2, 0.25) is 0 Å². The molecule has 1 heterocycles. The van der Waals surface area contributed by atoms with E-state index in [2.05, 4.69) is 0 Å². The van der Waals surface area contributed by atoms with Gasteiger partial charge in [-0.1, -0.05) is 18.2 Å². The normalized spacial score (nSPS) is 14.5. The topological polar surface area (TPSA) is 70.1 Å². The van der Waals surface area contributed by atoms with Crippen LogP contribution in [0.1, 0.15) is 27.9 Å². The molecule has 0 aromatic heterocycles. The van der Waals surface area contributed by atoms with Crippen LogP contribution in [0.15, 0.2) is 42.5 Å². The van der Waals surface area contributed by atoms with Gasteiger partial charge in [0.1, 0.15) is 11.5 Å². The summed E-state index contributed by atoms with van der Waals surface area (Å²) in [6.07, 6.45) is 0.708. The molecule has 0 aliphatic carbocycles. The van der Waals surface area contributed by atoms with E-state index in [0.717, 1.165) is 16.9 Å². The molecule has 148 valence electrons. The molecule has 0 atom stereocenters. The Bertz CT molecular complexity index is 865. The fourth-order valence-electron chi connectivity index (χ4n) is 3.30. The average Bonchev–Trinajstić information content (AvgIpc) is 2.94. The second kappa shape index (κ2) is 8.78. The van der Waals surface area contributed by atoms with Crippen LogP contribution in [0.3, 0.4) is 0 Å². The first-order valence-corrected chi connectivity index (χ1v) is 9.51. The van der Waals surface area contributed by atoms with Crippen LogP contribution in [0.5, 0.6) is 11.5 Å². The van der Waals surface area contributed by atoms with Crippen LogP contribution in [0.2, 0.25) is 0 Å². The lowest BCUT2D eigenvalue weighted by molar-refractivity contribution is -0.133. The fraction of sp³-hybridized carbons (Fsp3) is 0.364. The molecule has 0 radical (unpaired) electrons. The predicted molar refractivity (Wildman–Crippen MR) is 107 cm³/mol. The summed E-state index contributed by atoms with van der Waals surface area (Å²) in [7, 11) is 0. The van der Waals surface area contributed by atoms with E-state index in [4.69, 9.17) is 4.74 Å². The van der Waals surface area contributed by atoms with Gasteiger partial charge in [0.15, 0.2) is 6.61 Å². The van der Waals surface area contributed by atoms with Crippen LogP contribution < -0.4 is 4.74 Å². The largest absolute Gasteiger partial charge is 0.508 e. The summed E-state index contributed by atoms with van der Waals surface area (Å²) in [5.74, 6) is 0.592. The molecule has 0 saturated carbocycles. The molecule has 1 saturated heterocycles. The smallest absolute Gasteiger partial charge is 0.260 e. The van der Waals surface area contributed by atoms with Crippen molar-refractivity contribution in [3.8, 4) is 11.5 Å². The second-order valence-electron chi connectivity index (χ2n) is 7.06. The first kappa shape index (κ1) is 19.7. The predicted octanol–water partition coefficient (Wildman–Crippen LogP) is 2.76. The summed E-state index contributed by atoms with van der Waals surface area (Å²) in [6.45, 7) is 6.09. The van der Waals surface area contributed by atoms with E-state index >= 15 is 0 Å². The monoisotopic (exact) mass is 382 g/mol. The fourth-order valence-corrected chi connectivity index (χ4v) is 3.30. The number of carbonyl (C=O) groups is 2. The van der Waals surface area contributed by atoms with Crippen molar-refractivity contribution >= 4 is 11.8 Å². The van der Waals surface area contributed by atoms with Crippen LogP contribution in [0, 0.1) is 13.8 Å². The maximum atomic E-state index is 12.6. The van der Waals surface area contributed by atoms with Crippen molar-refractivity contribution in [1.82, 2.24) is 9.80 Å². The number of hydrogen-bond acceptors (Lipinski definition) is 4. The van der Waals surface area contributed by atoms with Gasteiger partial charge in [-0.3, -0.25) is 9.59 Å². The van der Waals surface area contributed by atoms with Crippen molar-refractivity contribution in [1.29, 1.82) is 0 Å². The molecule has 0 bridgehead atoms. The lowest BCUT2D eigenvalue weighted by atomic mass is 10.1. The Labute approximate surface area is 165 Å². The van der Waals surface area contributed by atoms with Crippen molar-refractivity contribution in [3.63, 3.8) is 0 Å². The number of carbonyl (C=O) groups excluding carboxylic acids is 2.